The number of carboxylic acids is 1. The minimum atomic E-state index is -1.04. The van der Waals surface area contributed by atoms with E-state index in [1.165, 1.54) is 17.4 Å². The van der Waals surface area contributed by atoms with E-state index in [4.69, 9.17) is 5.11 Å². The van der Waals surface area contributed by atoms with Gasteiger partial charge < -0.3 is 10.4 Å². The maximum atomic E-state index is 11.8. The molecular formula is C14H12N2O3S. The summed E-state index contributed by atoms with van der Waals surface area (Å²) in [6.45, 7) is 0. The minimum absolute atomic E-state index is 0.157. The Balaban J connectivity index is 2.00. The predicted octanol–water partition coefficient (Wildman–Crippen LogP) is 2.42. The van der Waals surface area contributed by atoms with Crippen LogP contribution in [0.25, 0.3) is 6.08 Å². The highest BCUT2D eigenvalue weighted by Crippen LogP contribution is 2.10. The number of rotatable bonds is 5. The molecular weight excluding hydrogens is 276 g/mol. The molecule has 0 aromatic carbocycles. The maximum Gasteiger partial charge on any atom is 0.328 e. The zero-order valence-corrected chi connectivity index (χ0v) is 11.3. The van der Waals surface area contributed by atoms with Gasteiger partial charge in [0, 0.05) is 6.08 Å². The molecule has 2 rings (SSSR count). The molecule has 6 heteroatoms. The van der Waals surface area contributed by atoms with Crippen molar-refractivity contribution in [2.75, 3.05) is 5.32 Å². The van der Waals surface area contributed by atoms with Crippen LogP contribution in [0.1, 0.15) is 11.3 Å². The maximum absolute atomic E-state index is 11.8. The minimum Gasteiger partial charge on any atom is -0.478 e. The van der Waals surface area contributed by atoms with Gasteiger partial charge in [0.05, 0.1) is 12.1 Å². The Hall–Kier alpha value is -2.47. The number of hydrogen-bond donors (Lipinski definition) is 2. The Morgan fingerprint density at radius 2 is 2.20 bits per heavy atom. The predicted molar refractivity (Wildman–Crippen MR) is 77.6 cm³/mol. The Kier molecular flexibility index (Phi) is 4.62. The fourth-order valence-electron chi connectivity index (χ4n) is 1.54. The average Bonchev–Trinajstić information content (AvgIpc) is 2.89. The van der Waals surface area contributed by atoms with Gasteiger partial charge in [0.1, 0.15) is 5.82 Å². The number of carbonyl (C=O) groups is 2. The standard InChI is InChI=1S/C14H12N2O3S/c17-13(8-10-6-7-20-9-10)16-12-3-1-2-11(15-12)4-5-14(18)19/h1-7,9H,8H2,(H,18,19)(H,15,16,17). The van der Waals surface area contributed by atoms with Gasteiger partial charge >= 0.3 is 5.97 Å². The van der Waals surface area contributed by atoms with Crippen molar-refractivity contribution in [3.05, 3.63) is 52.4 Å². The first-order valence-corrected chi connectivity index (χ1v) is 6.77. The fraction of sp³-hybridized carbons (Fsp3) is 0.0714. The highest BCUT2D eigenvalue weighted by atomic mass is 32.1. The summed E-state index contributed by atoms with van der Waals surface area (Å²) in [6.07, 6.45) is 2.66. The van der Waals surface area contributed by atoms with Crippen molar-refractivity contribution in [1.29, 1.82) is 0 Å². The number of hydrogen-bond acceptors (Lipinski definition) is 4. The quantitative estimate of drug-likeness (QED) is 0.828. The number of carbonyl (C=O) groups excluding carboxylic acids is 1. The summed E-state index contributed by atoms with van der Waals surface area (Å²) >= 11 is 1.54. The monoisotopic (exact) mass is 288 g/mol. The number of pyridine rings is 1. The molecule has 5 nitrogen and oxygen atoms in total. The summed E-state index contributed by atoms with van der Waals surface area (Å²) in [5.74, 6) is -0.799. The van der Waals surface area contributed by atoms with Crippen molar-refractivity contribution in [2.45, 2.75) is 6.42 Å². The van der Waals surface area contributed by atoms with Crippen molar-refractivity contribution < 1.29 is 14.7 Å². The van der Waals surface area contributed by atoms with Crippen molar-refractivity contribution in [1.82, 2.24) is 4.98 Å². The molecule has 2 N–H and O–H groups in total. The van der Waals surface area contributed by atoms with Crippen LogP contribution in [0.2, 0.25) is 0 Å². The molecule has 1 amide bonds. The average molecular weight is 288 g/mol. The summed E-state index contributed by atoms with van der Waals surface area (Å²) in [4.78, 5) is 26.4. The molecule has 2 aromatic rings. The zero-order valence-electron chi connectivity index (χ0n) is 10.4. The first-order chi connectivity index (χ1) is 9.63. The van der Waals surface area contributed by atoms with E-state index in [0.29, 0.717) is 17.9 Å². The summed E-state index contributed by atoms with van der Waals surface area (Å²) in [5.41, 5.74) is 1.43. The molecule has 0 aliphatic carbocycles. The largest absolute Gasteiger partial charge is 0.478 e. The van der Waals surface area contributed by atoms with E-state index in [-0.39, 0.29) is 5.91 Å². The molecule has 0 spiro atoms. The van der Waals surface area contributed by atoms with Crippen LogP contribution in [-0.4, -0.2) is 22.0 Å². The van der Waals surface area contributed by atoms with E-state index in [1.807, 2.05) is 16.8 Å². The van der Waals surface area contributed by atoms with Gasteiger partial charge in [0.25, 0.3) is 0 Å². The van der Waals surface area contributed by atoms with Crippen LogP contribution in [0.4, 0.5) is 5.82 Å². The first-order valence-electron chi connectivity index (χ1n) is 5.82. The number of amides is 1. The number of nitrogens with zero attached hydrogens (tertiary/aromatic N) is 1. The molecule has 2 aromatic heterocycles. The molecule has 0 atom stereocenters. The van der Waals surface area contributed by atoms with Crippen LogP contribution in [0, 0.1) is 0 Å². The van der Waals surface area contributed by atoms with E-state index in [9.17, 15) is 9.59 Å². The molecule has 0 aliphatic heterocycles. The molecule has 102 valence electrons. The van der Waals surface area contributed by atoms with Gasteiger partial charge in [-0.2, -0.15) is 11.3 Å². The van der Waals surface area contributed by atoms with Crippen molar-refractivity contribution >= 4 is 35.1 Å². The van der Waals surface area contributed by atoms with E-state index in [2.05, 4.69) is 10.3 Å². The highest BCUT2D eigenvalue weighted by molar-refractivity contribution is 7.08. The molecule has 0 bridgehead atoms. The molecule has 0 saturated carbocycles. The second-order valence-electron chi connectivity index (χ2n) is 3.98. The fourth-order valence-corrected chi connectivity index (χ4v) is 2.20. The lowest BCUT2D eigenvalue weighted by Gasteiger charge is -2.04. The van der Waals surface area contributed by atoms with Gasteiger partial charge in [-0.05, 0) is 40.6 Å². The van der Waals surface area contributed by atoms with Crippen LogP contribution < -0.4 is 5.32 Å². The van der Waals surface area contributed by atoms with Crippen LogP contribution in [0.15, 0.2) is 41.1 Å². The number of anilines is 1. The third-order valence-electron chi connectivity index (χ3n) is 2.38. The van der Waals surface area contributed by atoms with Crippen molar-refractivity contribution in [3.8, 4) is 0 Å². The van der Waals surface area contributed by atoms with Crippen LogP contribution in [-0.2, 0) is 16.0 Å². The molecule has 0 saturated heterocycles. The van der Waals surface area contributed by atoms with Crippen molar-refractivity contribution in [2.24, 2.45) is 0 Å². The summed E-state index contributed by atoms with van der Waals surface area (Å²) < 4.78 is 0. The smallest absolute Gasteiger partial charge is 0.328 e. The van der Waals surface area contributed by atoms with E-state index in [0.717, 1.165) is 11.6 Å². The highest BCUT2D eigenvalue weighted by Gasteiger charge is 2.05. The Morgan fingerprint density at radius 3 is 2.90 bits per heavy atom. The summed E-state index contributed by atoms with van der Waals surface area (Å²) in [7, 11) is 0. The van der Waals surface area contributed by atoms with Crippen molar-refractivity contribution in [3.63, 3.8) is 0 Å². The van der Waals surface area contributed by atoms with E-state index >= 15 is 0 Å². The van der Waals surface area contributed by atoms with Gasteiger partial charge in [-0.1, -0.05) is 6.07 Å². The third kappa shape index (κ3) is 4.33. The van der Waals surface area contributed by atoms with Gasteiger partial charge in [-0.3, -0.25) is 4.79 Å². The Bertz CT molecular complexity index is 636. The SMILES string of the molecule is O=C(O)C=Cc1cccc(NC(=O)Cc2ccsc2)n1. The second kappa shape index (κ2) is 6.63. The molecule has 0 radical (unpaired) electrons. The van der Waals surface area contributed by atoms with E-state index < -0.39 is 5.97 Å². The van der Waals surface area contributed by atoms with Crippen LogP contribution >= 0.6 is 11.3 Å². The normalized spacial score (nSPS) is 10.6. The topological polar surface area (TPSA) is 79.3 Å². The lowest BCUT2D eigenvalue weighted by atomic mass is 10.2. The molecule has 0 unspecified atom stereocenters. The van der Waals surface area contributed by atoms with Gasteiger partial charge in [-0.15, -0.1) is 0 Å². The molecule has 2 heterocycles. The number of thiophene rings is 1. The number of carboxylic acid groups (broad SMARTS) is 1. The van der Waals surface area contributed by atoms with Gasteiger partial charge in [0.15, 0.2) is 0 Å². The number of aliphatic carboxylic acids is 1. The third-order valence-corrected chi connectivity index (χ3v) is 3.11. The van der Waals surface area contributed by atoms with Gasteiger partial charge in [-0.25, -0.2) is 9.78 Å². The lowest BCUT2D eigenvalue weighted by molar-refractivity contribution is -0.131. The lowest BCUT2D eigenvalue weighted by Crippen LogP contribution is -2.15. The Labute approximate surface area is 119 Å². The van der Waals surface area contributed by atoms with Crippen LogP contribution in [0.3, 0.4) is 0 Å². The molecule has 0 fully saturated rings. The van der Waals surface area contributed by atoms with Crippen LogP contribution in [0.5, 0.6) is 0 Å². The molecule has 0 aliphatic rings. The zero-order chi connectivity index (χ0) is 14.4. The second-order valence-corrected chi connectivity index (χ2v) is 4.76. The Morgan fingerprint density at radius 1 is 1.35 bits per heavy atom. The number of nitrogens with one attached hydrogen (secondary N) is 1. The van der Waals surface area contributed by atoms with Gasteiger partial charge in [0.2, 0.25) is 5.91 Å². The van der Waals surface area contributed by atoms with E-state index in [1.54, 1.807) is 18.2 Å². The molecule has 20 heavy (non-hydrogen) atoms. The first kappa shape index (κ1) is 14.0. The summed E-state index contributed by atoms with van der Waals surface area (Å²) in [6, 6.07) is 6.91. The number of aromatic nitrogens is 1. The summed E-state index contributed by atoms with van der Waals surface area (Å²) in [5, 5.41) is 15.1.